The van der Waals surface area contributed by atoms with E-state index in [-0.39, 0.29) is 6.42 Å². The molecule has 0 saturated heterocycles. The van der Waals surface area contributed by atoms with Crippen molar-refractivity contribution < 1.29 is 9.90 Å². The summed E-state index contributed by atoms with van der Waals surface area (Å²) < 4.78 is 3.33. The Morgan fingerprint density at radius 2 is 1.83 bits per heavy atom. The number of thiophene rings is 1. The van der Waals surface area contributed by atoms with Gasteiger partial charge in [-0.2, -0.15) is 0 Å². The highest BCUT2D eigenvalue weighted by molar-refractivity contribution is 7.17. The predicted molar refractivity (Wildman–Crippen MR) is 122 cm³/mol. The van der Waals surface area contributed by atoms with Crippen LogP contribution < -0.4 is 0 Å². The van der Waals surface area contributed by atoms with Crippen molar-refractivity contribution in [2.75, 3.05) is 0 Å². The average molecular weight is 433 g/mol. The van der Waals surface area contributed by atoms with E-state index in [1.54, 1.807) is 23.7 Å². The molecule has 0 atom stereocenters. The van der Waals surface area contributed by atoms with E-state index in [0.717, 1.165) is 33.0 Å². The molecule has 0 amide bonds. The number of rotatable bonds is 5. The Balaban J connectivity index is 1.65. The number of aromatic nitrogens is 2. The maximum atomic E-state index is 11.4. The molecule has 0 radical (unpaired) electrons. The van der Waals surface area contributed by atoms with Crippen LogP contribution in [0.4, 0.5) is 0 Å². The van der Waals surface area contributed by atoms with E-state index in [2.05, 4.69) is 21.0 Å². The highest BCUT2D eigenvalue weighted by Gasteiger charge is 2.14. The first-order chi connectivity index (χ1) is 14.6. The van der Waals surface area contributed by atoms with Crippen molar-refractivity contribution in [2.24, 2.45) is 0 Å². The molecule has 0 aliphatic heterocycles. The number of pyridine rings is 1. The molecule has 0 spiro atoms. The van der Waals surface area contributed by atoms with Crippen LogP contribution in [-0.4, -0.2) is 20.6 Å². The fourth-order valence-electron chi connectivity index (χ4n) is 3.89. The molecule has 1 N–H and O–H groups in total. The van der Waals surface area contributed by atoms with E-state index in [0.29, 0.717) is 11.6 Å². The van der Waals surface area contributed by atoms with Gasteiger partial charge in [-0.05, 0) is 69.4 Å². The van der Waals surface area contributed by atoms with Crippen LogP contribution >= 0.6 is 22.9 Å². The normalized spacial score (nSPS) is 11.4. The van der Waals surface area contributed by atoms with Crippen LogP contribution in [0.5, 0.6) is 0 Å². The molecule has 6 heteroatoms. The first-order valence-corrected chi connectivity index (χ1v) is 10.7. The zero-order chi connectivity index (χ0) is 20.7. The summed E-state index contributed by atoms with van der Waals surface area (Å²) in [6.07, 6.45) is 5.50. The van der Waals surface area contributed by atoms with E-state index >= 15 is 0 Å². The summed E-state index contributed by atoms with van der Waals surface area (Å²) in [4.78, 5) is 15.5. The number of carbonyl (C=O) groups is 1. The van der Waals surface area contributed by atoms with Crippen LogP contribution in [0.2, 0.25) is 5.02 Å². The average Bonchev–Trinajstić information content (AvgIpc) is 3.29. The van der Waals surface area contributed by atoms with Gasteiger partial charge in [-0.25, -0.2) is 0 Å². The van der Waals surface area contributed by atoms with Crippen LogP contribution in [-0.2, 0) is 17.8 Å². The topological polar surface area (TPSA) is 55.1 Å². The Labute approximate surface area is 182 Å². The summed E-state index contributed by atoms with van der Waals surface area (Å²) in [7, 11) is 0. The van der Waals surface area contributed by atoms with Gasteiger partial charge in [-0.3, -0.25) is 9.78 Å². The summed E-state index contributed by atoms with van der Waals surface area (Å²) in [5, 5.41) is 14.3. The molecule has 5 aromatic rings. The van der Waals surface area contributed by atoms with Crippen molar-refractivity contribution in [2.45, 2.75) is 13.0 Å². The summed E-state index contributed by atoms with van der Waals surface area (Å²) in [6.45, 7) is 0.649. The first-order valence-electron chi connectivity index (χ1n) is 9.48. The summed E-state index contributed by atoms with van der Waals surface area (Å²) in [6, 6.07) is 16.1. The number of benzene rings is 2. The number of halogens is 1. The summed E-state index contributed by atoms with van der Waals surface area (Å²) in [5.41, 5.74) is 5.15. The molecule has 3 aromatic heterocycles. The molecule has 4 nitrogen and oxygen atoms in total. The Bertz CT molecular complexity index is 1390. The molecular weight excluding hydrogens is 416 g/mol. The monoisotopic (exact) mass is 432 g/mol. The number of aliphatic carboxylic acids is 1. The number of carboxylic acids is 1. The van der Waals surface area contributed by atoms with E-state index < -0.39 is 5.97 Å². The highest BCUT2D eigenvalue weighted by atomic mass is 35.5. The summed E-state index contributed by atoms with van der Waals surface area (Å²) >= 11 is 7.91. The Morgan fingerprint density at radius 1 is 1.00 bits per heavy atom. The van der Waals surface area contributed by atoms with Gasteiger partial charge in [0.1, 0.15) is 0 Å². The zero-order valence-corrected chi connectivity index (χ0v) is 17.5. The van der Waals surface area contributed by atoms with Crippen LogP contribution in [0, 0.1) is 0 Å². The fourth-order valence-corrected chi connectivity index (χ4v) is 4.99. The van der Waals surface area contributed by atoms with Gasteiger partial charge in [0, 0.05) is 45.8 Å². The van der Waals surface area contributed by atoms with Gasteiger partial charge in [0.2, 0.25) is 0 Å². The van der Waals surface area contributed by atoms with Crippen molar-refractivity contribution >= 4 is 49.9 Å². The van der Waals surface area contributed by atoms with Crippen molar-refractivity contribution in [1.82, 2.24) is 9.55 Å². The molecule has 0 aliphatic carbocycles. The second kappa shape index (κ2) is 7.59. The molecule has 0 saturated carbocycles. The smallest absolute Gasteiger partial charge is 0.307 e. The standard InChI is InChI=1S/C24H17ClN2O2S/c25-19-2-4-23-21(11-19)18(14-30-23)13-27-12-17(10-24(28)29)20-3-1-16(9-22(20)27)15-5-7-26-8-6-15/h1-9,11-12,14H,10,13H2,(H,28,29). The minimum atomic E-state index is -0.833. The SMILES string of the molecule is O=C(O)Cc1cn(Cc2csc3ccc(Cl)cc23)c2cc(-c3ccncc3)ccc12. The van der Waals surface area contributed by atoms with E-state index in [1.165, 1.54) is 10.3 Å². The molecule has 0 fully saturated rings. The van der Waals surface area contributed by atoms with Gasteiger partial charge in [0.15, 0.2) is 0 Å². The molecule has 0 aliphatic rings. The van der Waals surface area contributed by atoms with Gasteiger partial charge in [0.05, 0.1) is 6.42 Å². The molecule has 2 aromatic carbocycles. The van der Waals surface area contributed by atoms with Crippen LogP contribution in [0.25, 0.3) is 32.1 Å². The van der Waals surface area contributed by atoms with Crippen molar-refractivity contribution in [3.05, 3.63) is 88.7 Å². The second-order valence-electron chi connectivity index (χ2n) is 7.22. The molecule has 30 heavy (non-hydrogen) atoms. The second-order valence-corrected chi connectivity index (χ2v) is 8.57. The van der Waals surface area contributed by atoms with Crippen molar-refractivity contribution in [3.63, 3.8) is 0 Å². The van der Waals surface area contributed by atoms with Crippen LogP contribution in [0.15, 0.2) is 72.5 Å². The molecule has 148 valence electrons. The van der Waals surface area contributed by atoms with Gasteiger partial charge < -0.3 is 9.67 Å². The number of carboxylic acid groups (broad SMARTS) is 1. The molecule has 3 heterocycles. The lowest BCUT2D eigenvalue weighted by atomic mass is 10.0. The molecule has 0 bridgehead atoms. The lowest BCUT2D eigenvalue weighted by Gasteiger charge is -2.07. The van der Waals surface area contributed by atoms with Crippen molar-refractivity contribution in [3.8, 4) is 11.1 Å². The Kier molecular flexibility index (Phi) is 4.77. The molecule has 0 unspecified atom stereocenters. The summed E-state index contributed by atoms with van der Waals surface area (Å²) in [5.74, 6) is -0.833. The number of hydrogen-bond acceptors (Lipinski definition) is 3. The third-order valence-corrected chi connectivity index (χ3v) is 6.52. The maximum absolute atomic E-state index is 11.4. The minimum Gasteiger partial charge on any atom is -0.481 e. The lowest BCUT2D eigenvalue weighted by Crippen LogP contribution is -2.00. The van der Waals surface area contributed by atoms with E-state index in [9.17, 15) is 9.90 Å². The number of hydrogen-bond donors (Lipinski definition) is 1. The predicted octanol–water partition coefficient (Wildman–Crippen LogP) is 6.25. The lowest BCUT2D eigenvalue weighted by molar-refractivity contribution is -0.136. The molecular formula is C24H17ClN2O2S. The minimum absolute atomic E-state index is 0.00564. The first kappa shape index (κ1) is 18.9. The maximum Gasteiger partial charge on any atom is 0.307 e. The Hall–Kier alpha value is -3.15. The van der Waals surface area contributed by atoms with Crippen molar-refractivity contribution in [1.29, 1.82) is 0 Å². The van der Waals surface area contributed by atoms with E-state index in [4.69, 9.17) is 11.6 Å². The van der Waals surface area contributed by atoms with Gasteiger partial charge >= 0.3 is 5.97 Å². The quantitative estimate of drug-likeness (QED) is 0.357. The number of nitrogens with zero attached hydrogens (tertiary/aromatic N) is 2. The zero-order valence-electron chi connectivity index (χ0n) is 15.9. The Morgan fingerprint density at radius 3 is 2.63 bits per heavy atom. The fraction of sp³-hybridized carbons (Fsp3) is 0.0833. The number of fused-ring (bicyclic) bond motifs is 2. The van der Waals surface area contributed by atoms with Gasteiger partial charge in [-0.15, -0.1) is 11.3 Å². The largest absolute Gasteiger partial charge is 0.481 e. The van der Waals surface area contributed by atoms with Crippen LogP contribution in [0.3, 0.4) is 0 Å². The molecule has 5 rings (SSSR count). The highest BCUT2D eigenvalue weighted by Crippen LogP contribution is 2.32. The van der Waals surface area contributed by atoms with E-state index in [1.807, 2.05) is 48.7 Å². The van der Waals surface area contributed by atoms with Gasteiger partial charge in [0.25, 0.3) is 0 Å². The van der Waals surface area contributed by atoms with Crippen LogP contribution in [0.1, 0.15) is 11.1 Å². The van der Waals surface area contributed by atoms with Gasteiger partial charge in [-0.1, -0.05) is 23.7 Å². The third kappa shape index (κ3) is 3.47. The third-order valence-electron chi connectivity index (χ3n) is 5.28.